The molecule has 0 saturated heterocycles. The SMILES string of the molecule is Brc1cccc(-c2nncn2C2CC2)n1.COC(=O)c1cc(I)c(Cl)cc1C.COC(=O)c1cc(I)c(Cl)cc1CBr.COC(=O)c1cc(I)c(N)cc1C.COC(=O)c1ccc(N)cc1C.N.O=C1NCc2cc(Cl)c(-c3cccnc3)cc21.O=C1NCc2cc(Cl)c(I)cc21.O=C1c2cc(-c3cccnc3)c(Cl)cc2CN1c1cccc(-c2nncn2C2CC2)n1.OB(O)c1cccnc1. The van der Waals surface area contributed by atoms with Gasteiger partial charge in [0.15, 0.2) is 11.6 Å². The standard InChI is InChI=1S/C23H17ClN6O.C13H9ClN2O.C10H9BrN4.C9H7BrClIO2.C9H8ClIO2.C9H10INO2.C9H11NO2.C8H5ClINO.C5H6BNO2.H3N/c24-19-9-15-12-29(23(31)18(15)10-17(19)14-3-2-8-25-11-14)21-5-1-4-20(27-21)22-28-26-13-30(22)16-6-7-16;14-12-4-9-7-16-13(17)11(9)5-10(12)8-2-1-3-15-6-8;11-9-3-1-2-8(13-9)10-14-12-6-15(10)7-4-5-7;1-14-9(13)6-3-8(12)7(11)2-5(6)4-10;1-5-3-7(10)8(11)4-6(5)9(12)13-2;1-5-3-8(11)7(10)4-6(5)9(12)13-2;1-6-5-7(10)3-4-8(6)9(11)12-2;9-6-1-4-3-11-8(12)5(4)2-7(6)10;8-6(9)5-2-1-3-7-4-5;/h1-5,8-11,13,16H,6-7,12H2;1-6H,7H2,(H,16,17);1-3,6-7H,4-5H2;2-3H,4H2,1H3;3-4H,1-2H3;3-4H,11H2,1-2H3;3-5H,10H2,1-2H3;1-2H,3H2,(H,11,12);1-4,8-9H;1H3. The first-order valence-corrected chi connectivity index (χ1v) is 49.0. The third-order valence-electron chi connectivity index (χ3n) is 20.6. The molecule has 7 aromatic heterocycles. The molecule has 5 aliphatic rings. The fraction of sp³-hybridized carbons (Fsp3) is 0.179. The highest BCUT2D eigenvalue weighted by molar-refractivity contribution is 14.1. The molecule has 2 fully saturated rings. The van der Waals surface area contributed by atoms with Crippen molar-refractivity contribution in [2.45, 2.75) is 83.5 Å². The van der Waals surface area contributed by atoms with Crippen LogP contribution in [0.2, 0.25) is 25.1 Å². The zero-order valence-corrected chi connectivity index (χ0v) is 89.4. The second kappa shape index (κ2) is 51.6. The quantitative estimate of drug-likeness (QED) is 0.0107. The number of nitrogens with zero attached hydrogens (tertiary/aromatic N) is 12. The number of hydrogen-bond donors (Lipinski definition) is 7. The van der Waals surface area contributed by atoms with E-state index < -0.39 is 7.12 Å². The first-order valence-electron chi connectivity index (χ1n) is 40.9. The molecule has 2 saturated carbocycles. The van der Waals surface area contributed by atoms with Gasteiger partial charge in [-0.2, -0.15) is 0 Å². The minimum absolute atomic E-state index is 0. The number of aromatic nitrogens is 11. The van der Waals surface area contributed by atoms with E-state index in [2.05, 4.69) is 201 Å². The van der Waals surface area contributed by atoms with Gasteiger partial charge in [0, 0.05) is 148 Å². The lowest BCUT2D eigenvalue weighted by atomic mass is 9.82. The lowest BCUT2D eigenvalue weighted by molar-refractivity contribution is 0.0590. The van der Waals surface area contributed by atoms with Crippen LogP contribution in [0, 0.1) is 35.1 Å². The van der Waals surface area contributed by atoms with Crippen molar-refractivity contribution in [1.82, 2.24) is 71.2 Å². The van der Waals surface area contributed by atoms with Crippen molar-refractivity contribution in [2.75, 3.05) is 44.8 Å². The Morgan fingerprint density at radius 2 is 0.934 bits per heavy atom. The number of benzene rings is 7. The van der Waals surface area contributed by atoms with Gasteiger partial charge in [-0.1, -0.05) is 104 Å². The molecule has 2 aliphatic carbocycles. The molecule has 14 aromatic rings. The number of anilines is 3. The van der Waals surface area contributed by atoms with Crippen LogP contribution in [0.15, 0.2) is 218 Å². The van der Waals surface area contributed by atoms with Gasteiger partial charge in [0.2, 0.25) is 0 Å². The smallest absolute Gasteiger partial charge is 0.465 e. The Hall–Kier alpha value is -10.3. The second-order valence-corrected chi connectivity index (χ2v) is 38.0. The van der Waals surface area contributed by atoms with Crippen LogP contribution in [0.25, 0.3) is 45.3 Å². The van der Waals surface area contributed by atoms with E-state index in [0.717, 1.165) is 116 Å². The normalized spacial score (nSPS) is 12.4. The molecule has 30 nitrogen and oxygen atoms in total. The van der Waals surface area contributed by atoms with Gasteiger partial charge in [-0.25, -0.2) is 29.1 Å². The molecule has 3 amide bonds. The molecule has 11 N–H and O–H groups in total. The predicted octanol–water partition coefficient (Wildman–Crippen LogP) is 20.7. The molecule has 0 bridgehead atoms. The highest BCUT2D eigenvalue weighted by Crippen LogP contribution is 2.41. The summed E-state index contributed by atoms with van der Waals surface area (Å²) in [5.41, 5.74) is 28.5. The number of fused-ring (bicyclic) bond motifs is 3. The van der Waals surface area contributed by atoms with Crippen LogP contribution < -0.4 is 38.6 Å². The molecule has 0 atom stereocenters. The van der Waals surface area contributed by atoms with Crippen molar-refractivity contribution in [2.24, 2.45) is 0 Å². The predicted molar refractivity (Wildman–Crippen MR) is 571 cm³/mol. The van der Waals surface area contributed by atoms with Crippen molar-refractivity contribution >= 4 is 252 Å². The summed E-state index contributed by atoms with van der Waals surface area (Å²) in [6.07, 6.45) is 18.1. The topological polar surface area (TPSA) is 437 Å². The van der Waals surface area contributed by atoms with Gasteiger partial charge < -0.3 is 66.4 Å². The van der Waals surface area contributed by atoms with E-state index in [4.69, 9.17) is 84.5 Å². The number of aryl methyl sites for hydroxylation is 3. The number of alkyl halides is 1. The summed E-state index contributed by atoms with van der Waals surface area (Å²) >= 11 is 45.5. The lowest BCUT2D eigenvalue weighted by Crippen LogP contribution is -2.29. The molecule has 10 heterocycles. The van der Waals surface area contributed by atoms with Crippen LogP contribution in [-0.4, -0.2) is 142 Å². The molecule has 0 unspecified atom stereocenters. The number of carbonyl (C=O) groups is 7. The number of amides is 3. The van der Waals surface area contributed by atoms with E-state index in [1.54, 1.807) is 115 Å². The Balaban J connectivity index is 0.000000163. The molecule has 708 valence electrons. The number of ether oxygens (including phenoxy) is 4. The molecule has 42 heteroatoms. The molecular formula is C95H85BBr2Cl5I4N17O13. The minimum atomic E-state index is -1.40. The third-order valence-corrected chi connectivity index (χ3v) is 27.8. The maximum Gasteiger partial charge on any atom is 0.490 e. The number of methoxy groups -OCH3 is 4. The van der Waals surface area contributed by atoms with Gasteiger partial charge in [-0.05, 0) is 325 Å². The Labute approximate surface area is 885 Å². The molecular weight excluding hydrogens is 2440 g/mol. The third kappa shape index (κ3) is 29.2. The van der Waals surface area contributed by atoms with Crippen LogP contribution in [0.4, 0.5) is 17.2 Å². The summed E-state index contributed by atoms with van der Waals surface area (Å²) in [4.78, 5) is 104. The summed E-state index contributed by atoms with van der Waals surface area (Å²) in [6, 6.07) is 49.9. The number of pyridine rings is 5. The largest absolute Gasteiger partial charge is 0.490 e. The fourth-order valence-corrected chi connectivity index (χ4v) is 17.2. The lowest BCUT2D eigenvalue weighted by Gasteiger charge is -2.15. The van der Waals surface area contributed by atoms with Gasteiger partial charge in [0.25, 0.3) is 17.7 Å². The zero-order valence-electron chi connectivity index (χ0n) is 73.9. The summed E-state index contributed by atoms with van der Waals surface area (Å²) < 4.78 is 27.0. The van der Waals surface area contributed by atoms with Crippen LogP contribution in [0.3, 0.4) is 0 Å². The first kappa shape index (κ1) is 109. The van der Waals surface area contributed by atoms with Gasteiger partial charge >= 0.3 is 31.0 Å². The molecule has 0 radical (unpaired) electrons. The second-order valence-electron chi connectivity index (χ2n) is 30.0. The number of nitrogens with one attached hydrogen (secondary N) is 2. The van der Waals surface area contributed by atoms with E-state index in [1.165, 1.54) is 47.5 Å². The van der Waals surface area contributed by atoms with E-state index in [0.29, 0.717) is 124 Å². The molecule has 7 aromatic carbocycles. The van der Waals surface area contributed by atoms with E-state index in [1.807, 2.05) is 118 Å². The Kier molecular flexibility index (Phi) is 40.9. The van der Waals surface area contributed by atoms with Crippen molar-refractivity contribution in [3.05, 3.63) is 336 Å². The average Bonchev–Trinajstić information content (AvgIpc) is 1.61. The average molecular weight is 2530 g/mol. The molecule has 137 heavy (non-hydrogen) atoms. The summed E-state index contributed by atoms with van der Waals surface area (Å²) in [6.45, 7) is 7.06. The fourth-order valence-electron chi connectivity index (χ4n) is 13.3. The summed E-state index contributed by atoms with van der Waals surface area (Å²) in [7, 11) is 4.05. The maximum absolute atomic E-state index is 13.3. The summed E-state index contributed by atoms with van der Waals surface area (Å²) in [5, 5.41) is 42.8. The van der Waals surface area contributed by atoms with Crippen molar-refractivity contribution < 1.29 is 62.6 Å². The summed E-state index contributed by atoms with van der Waals surface area (Å²) in [5.74, 6) is 0.729. The van der Waals surface area contributed by atoms with Crippen LogP contribution in [0.1, 0.15) is 149 Å². The van der Waals surface area contributed by atoms with Crippen molar-refractivity contribution in [1.29, 1.82) is 0 Å². The Bertz CT molecular complexity index is 6680. The minimum Gasteiger partial charge on any atom is -0.465 e. The highest BCUT2D eigenvalue weighted by Gasteiger charge is 2.34. The van der Waals surface area contributed by atoms with Crippen LogP contribution >= 0.6 is 180 Å². The highest BCUT2D eigenvalue weighted by atomic mass is 127. The number of esters is 4. The maximum atomic E-state index is 13.3. The van der Waals surface area contributed by atoms with Gasteiger partial charge in [-0.3, -0.25) is 34.2 Å². The number of nitrogens with two attached hydrogens (primary N) is 2. The number of rotatable bonds is 13. The van der Waals surface area contributed by atoms with E-state index in [9.17, 15) is 33.6 Å². The monoisotopic (exact) mass is 2520 g/mol. The van der Waals surface area contributed by atoms with Gasteiger partial charge in [0.05, 0.1) is 72.3 Å². The zero-order chi connectivity index (χ0) is 98.3. The first-order chi connectivity index (χ1) is 65.1. The number of halogens is 11. The number of carbonyl (C=O) groups excluding carboxylic acids is 7. The van der Waals surface area contributed by atoms with Crippen molar-refractivity contribution in [3.8, 4) is 45.3 Å². The molecule has 3 aliphatic heterocycles. The Morgan fingerprint density at radius 3 is 1.42 bits per heavy atom. The van der Waals surface area contributed by atoms with E-state index in [-0.39, 0.29) is 47.7 Å². The Morgan fingerprint density at radius 1 is 0.489 bits per heavy atom. The molecule has 0 spiro atoms. The van der Waals surface area contributed by atoms with Gasteiger partial charge in [-0.15, -0.1) is 20.4 Å². The molecule has 19 rings (SSSR count). The number of hydrogen-bond acceptors (Lipinski definition) is 25. The van der Waals surface area contributed by atoms with Gasteiger partial charge in [0.1, 0.15) is 34.5 Å². The van der Waals surface area contributed by atoms with Crippen LogP contribution in [0.5, 0.6) is 0 Å². The van der Waals surface area contributed by atoms with E-state index >= 15 is 0 Å². The number of nitrogen functional groups attached to an aromatic ring is 2. The van der Waals surface area contributed by atoms with Crippen molar-refractivity contribution in [3.63, 3.8) is 0 Å². The van der Waals surface area contributed by atoms with Crippen LogP contribution in [-0.2, 0) is 43.9 Å².